The minimum Gasteiger partial charge on any atom is -0.465 e. The van der Waals surface area contributed by atoms with Crippen molar-refractivity contribution in [3.05, 3.63) is 70.8 Å². The van der Waals surface area contributed by atoms with Crippen LogP contribution in [-0.4, -0.2) is 18.2 Å². The van der Waals surface area contributed by atoms with Crippen molar-refractivity contribution in [2.45, 2.75) is 19.4 Å². The summed E-state index contributed by atoms with van der Waals surface area (Å²) in [6.45, 7) is 1.92. The van der Waals surface area contributed by atoms with Gasteiger partial charge in [0.2, 0.25) is 0 Å². The highest BCUT2D eigenvalue weighted by Crippen LogP contribution is 2.20. The van der Waals surface area contributed by atoms with Gasteiger partial charge in [0.15, 0.2) is 0 Å². The van der Waals surface area contributed by atoms with Crippen LogP contribution in [-0.2, 0) is 4.74 Å². The van der Waals surface area contributed by atoms with E-state index < -0.39 is 12.1 Å². The summed E-state index contributed by atoms with van der Waals surface area (Å²) in [5.74, 6) is 5.64. The molecule has 0 aliphatic rings. The first-order valence-electron chi connectivity index (χ1n) is 7.13. The van der Waals surface area contributed by atoms with Gasteiger partial charge in [0.1, 0.15) is 0 Å². The summed E-state index contributed by atoms with van der Waals surface area (Å²) >= 11 is 0. The minimum atomic E-state index is -0.540. The van der Waals surface area contributed by atoms with E-state index in [1.54, 1.807) is 18.2 Å². The summed E-state index contributed by atoms with van der Waals surface area (Å²) in [6, 6.07) is 14.5. The Morgan fingerprint density at radius 3 is 2.36 bits per heavy atom. The highest BCUT2D eigenvalue weighted by Gasteiger charge is 2.10. The standard InChI is InChI=1S/C19H18O3/c1-3-18(20)16-10-6-4-8-14(16)12-13-15-9-5-7-11-17(15)19(21)22-2/h4-11,18,20H,3H2,1-2H3. The average Bonchev–Trinajstić information content (AvgIpc) is 2.59. The van der Waals surface area contributed by atoms with Gasteiger partial charge in [-0.05, 0) is 30.2 Å². The quantitative estimate of drug-likeness (QED) is 0.698. The maximum atomic E-state index is 11.7. The molecule has 0 aliphatic heterocycles. The fourth-order valence-corrected chi connectivity index (χ4v) is 2.14. The van der Waals surface area contributed by atoms with E-state index in [9.17, 15) is 9.90 Å². The molecule has 3 heteroatoms. The second-order valence-electron chi connectivity index (χ2n) is 4.80. The van der Waals surface area contributed by atoms with Crippen molar-refractivity contribution in [1.29, 1.82) is 0 Å². The molecule has 0 spiro atoms. The van der Waals surface area contributed by atoms with Gasteiger partial charge in [-0.2, -0.15) is 0 Å². The molecule has 1 atom stereocenters. The molecule has 0 saturated carbocycles. The summed E-state index contributed by atoms with van der Waals surface area (Å²) < 4.78 is 4.76. The van der Waals surface area contributed by atoms with Crippen LogP contribution in [0, 0.1) is 11.8 Å². The van der Waals surface area contributed by atoms with Crippen LogP contribution in [0.3, 0.4) is 0 Å². The van der Waals surface area contributed by atoms with Gasteiger partial charge in [0.05, 0.1) is 18.8 Å². The molecule has 1 unspecified atom stereocenters. The smallest absolute Gasteiger partial charge is 0.339 e. The van der Waals surface area contributed by atoms with Gasteiger partial charge in [-0.15, -0.1) is 0 Å². The van der Waals surface area contributed by atoms with Gasteiger partial charge >= 0.3 is 5.97 Å². The molecule has 2 aromatic rings. The third-order valence-corrected chi connectivity index (χ3v) is 3.37. The molecule has 2 aromatic carbocycles. The van der Waals surface area contributed by atoms with Crippen molar-refractivity contribution in [2.75, 3.05) is 7.11 Å². The molecule has 0 heterocycles. The first-order chi connectivity index (χ1) is 10.7. The average molecular weight is 294 g/mol. The molecule has 0 fully saturated rings. The molecule has 0 bridgehead atoms. The van der Waals surface area contributed by atoms with Crippen LogP contribution in [0.25, 0.3) is 0 Å². The number of hydrogen-bond acceptors (Lipinski definition) is 3. The molecule has 22 heavy (non-hydrogen) atoms. The topological polar surface area (TPSA) is 46.5 Å². The predicted molar refractivity (Wildman–Crippen MR) is 85.5 cm³/mol. The van der Waals surface area contributed by atoms with Crippen LogP contribution in [0.4, 0.5) is 0 Å². The number of methoxy groups -OCH3 is 1. The molecule has 0 amide bonds. The highest BCUT2D eigenvalue weighted by atomic mass is 16.5. The second-order valence-corrected chi connectivity index (χ2v) is 4.80. The fraction of sp³-hybridized carbons (Fsp3) is 0.211. The van der Waals surface area contributed by atoms with Crippen molar-refractivity contribution < 1.29 is 14.6 Å². The molecule has 0 radical (unpaired) electrons. The Labute approximate surface area is 130 Å². The molecular weight excluding hydrogens is 276 g/mol. The number of aliphatic hydroxyl groups excluding tert-OH is 1. The first kappa shape index (κ1) is 15.8. The van der Waals surface area contributed by atoms with E-state index in [4.69, 9.17) is 4.74 Å². The first-order valence-corrected chi connectivity index (χ1v) is 7.13. The Kier molecular flexibility index (Phi) is 5.35. The molecule has 3 nitrogen and oxygen atoms in total. The number of ether oxygens (including phenoxy) is 1. The lowest BCUT2D eigenvalue weighted by atomic mass is 10.0. The summed E-state index contributed by atoms with van der Waals surface area (Å²) in [5.41, 5.74) is 2.60. The lowest BCUT2D eigenvalue weighted by Gasteiger charge is -2.10. The Balaban J connectivity index is 2.42. The minimum absolute atomic E-state index is 0.410. The zero-order valence-corrected chi connectivity index (χ0v) is 12.7. The van der Waals surface area contributed by atoms with Gasteiger partial charge in [0, 0.05) is 11.1 Å². The van der Waals surface area contributed by atoms with Crippen LogP contribution in [0.5, 0.6) is 0 Å². The molecule has 0 aliphatic carbocycles. The largest absolute Gasteiger partial charge is 0.465 e. The second kappa shape index (κ2) is 7.44. The Morgan fingerprint density at radius 2 is 1.68 bits per heavy atom. The number of esters is 1. The number of carbonyl (C=O) groups excluding carboxylic acids is 1. The third-order valence-electron chi connectivity index (χ3n) is 3.37. The van der Waals surface area contributed by atoms with Crippen LogP contribution in [0.2, 0.25) is 0 Å². The maximum absolute atomic E-state index is 11.7. The summed E-state index contributed by atoms with van der Waals surface area (Å²) in [4.78, 5) is 11.7. The highest BCUT2D eigenvalue weighted by molar-refractivity contribution is 5.92. The van der Waals surface area contributed by atoms with Crippen molar-refractivity contribution in [3.63, 3.8) is 0 Å². The molecule has 0 saturated heterocycles. The van der Waals surface area contributed by atoms with Crippen LogP contribution >= 0.6 is 0 Å². The van der Waals surface area contributed by atoms with Gasteiger partial charge < -0.3 is 9.84 Å². The zero-order chi connectivity index (χ0) is 15.9. The van der Waals surface area contributed by atoms with Gasteiger partial charge in [0.25, 0.3) is 0 Å². The molecular formula is C19H18O3. The van der Waals surface area contributed by atoms with E-state index in [0.29, 0.717) is 17.5 Å². The number of benzene rings is 2. The van der Waals surface area contributed by atoms with Crippen molar-refractivity contribution >= 4 is 5.97 Å². The van der Waals surface area contributed by atoms with Gasteiger partial charge in [-0.1, -0.05) is 49.1 Å². The Bertz CT molecular complexity index is 723. The Morgan fingerprint density at radius 1 is 1.09 bits per heavy atom. The SMILES string of the molecule is CCC(O)c1ccccc1C#Cc1ccccc1C(=O)OC. The number of hydrogen-bond donors (Lipinski definition) is 1. The molecule has 1 N–H and O–H groups in total. The van der Waals surface area contributed by atoms with Crippen LogP contribution in [0.15, 0.2) is 48.5 Å². The maximum Gasteiger partial charge on any atom is 0.339 e. The molecule has 0 aromatic heterocycles. The summed E-state index contributed by atoms with van der Waals surface area (Å²) in [5, 5.41) is 10.0. The van der Waals surface area contributed by atoms with Crippen molar-refractivity contribution in [1.82, 2.24) is 0 Å². The van der Waals surface area contributed by atoms with Crippen molar-refractivity contribution in [2.24, 2.45) is 0 Å². The van der Waals surface area contributed by atoms with E-state index in [0.717, 1.165) is 11.1 Å². The van der Waals surface area contributed by atoms with E-state index in [-0.39, 0.29) is 0 Å². The number of aliphatic hydroxyl groups is 1. The zero-order valence-electron chi connectivity index (χ0n) is 12.7. The van der Waals surface area contributed by atoms with E-state index in [1.807, 2.05) is 37.3 Å². The Hall–Kier alpha value is -2.57. The fourth-order valence-electron chi connectivity index (χ4n) is 2.14. The van der Waals surface area contributed by atoms with E-state index in [1.165, 1.54) is 7.11 Å². The lowest BCUT2D eigenvalue weighted by Crippen LogP contribution is -2.03. The van der Waals surface area contributed by atoms with Crippen LogP contribution in [0.1, 0.15) is 46.5 Å². The normalized spacial score (nSPS) is 11.2. The lowest BCUT2D eigenvalue weighted by molar-refractivity contribution is 0.0600. The van der Waals surface area contributed by atoms with Crippen molar-refractivity contribution in [3.8, 4) is 11.8 Å². The monoisotopic (exact) mass is 294 g/mol. The summed E-state index contributed by atoms with van der Waals surface area (Å²) in [6.07, 6.45) is 0.0820. The molecule has 112 valence electrons. The molecule has 2 rings (SSSR count). The van der Waals surface area contributed by atoms with Gasteiger partial charge in [-0.25, -0.2) is 4.79 Å². The summed E-state index contributed by atoms with van der Waals surface area (Å²) in [7, 11) is 1.35. The number of carbonyl (C=O) groups is 1. The van der Waals surface area contributed by atoms with Crippen LogP contribution < -0.4 is 0 Å². The van der Waals surface area contributed by atoms with E-state index >= 15 is 0 Å². The number of rotatable bonds is 3. The van der Waals surface area contributed by atoms with Gasteiger partial charge in [-0.3, -0.25) is 0 Å². The third kappa shape index (κ3) is 3.55. The predicted octanol–water partition coefficient (Wildman–Crippen LogP) is 3.32. The van der Waals surface area contributed by atoms with E-state index in [2.05, 4.69) is 11.8 Å².